The van der Waals surface area contributed by atoms with E-state index in [1.165, 1.54) is 9.71 Å². The van der Waals surface area contributed by atoms with Crippen LogP contribution in [0.25, 0.3) is 6.08 Å². The molecule has 8 heteroatoms. The van der Waals surface area contributed by atoms with Crippen LogP contribution in [0.1, 0.15) is 16.1 Å². The fourth-order valence-corrected chi connectivity index (χ4v) is 3.96. The number of aromatic amines is 1. The minimum Gasteiger partial charge on any atom is -0.356 e. The molecule has 0 bridgehead atoms. The van der Waals surface area contributed by atoms with Gasteiger partial charge in [-0.3, -0.25) is 4.79 Å². The Morgan fingerprint density at radius 2 is 1.80 bits per heavy atom. The molecular formula is C17H18ClN3O3S. The minimum absolute atomic E-state index is 0.177. The lowest BCUT2D eigenvalue weighted by atomic mass is 10.2. The van der Waals surface area contributed by atoms with Gasteiger partial charge >= 0.3 is 0 Å². The molecule has 132 valence electrons. The van der Waals surface area contributed by atoms with Crippen molar-refractivity contribution in [1.29, 1.82) is 0 Å². The Labute approximate surface area is 151 Å². The lowest BCUT2D eigenvalue weighted by Crippen LogP contribution is -2.50. The molecule has 1 aromatic carbocycles. The zero-order valence-corrected chi connectivity index (χ0v) is 15.0. The van der Waals surface area contributed by atoms with Gasteiger partial charge in [-0.1, -0.05) is 41.9 Å². The van der Waals surface area contributed by atoms with Crippen LogP contribution in [0.4, 0.5) is 0 Å². The third kappa shape index (κ3) is 4.31. The zero-order valence-electron chi connectivity index (χ0n) is 13.4. The highest BCUT2D eigenvalue weighted by Crippen LogP contribution is 2.15. The first-order valence-corrected chi connectivity index (χ1v) is 9.70. The average Bonchev–Trinajstić information content (AvgIpc) is 3.07. The molecular weight excluding hydrogens is 362 g/mol. The lowest BCUT2D eigenvalue weighted by molar-refractivity contribution is 0.0693. The predicted molar refractivity (Wildman–Crippen MR) is 97.7 cm³/mol. The third-order valence-corrected chi connectivity index (χ3v) is 5.78. The fraction of sp³-hybridized carbons (Fsp3) is 0.235. The van der Waals surface area contributed by atoms with Crippen LogP contribution >= 0.6 is 11.6 Å². The van der Waals surface area contributed by atoms with Gasteiger partial charge in [-0.05, 0) is 17.7 Å². The quantitative estimate of drug-likeness (QED) is 0.886. The molecule has 0 atom stereocenters. The highest BCUT2D eigenvalue weighted by molar-refractivity contribution is 7.92. The largest absolute Gasteiger partial charge is 0.356 e. The Morgan fingerprint density at radius 3 is 2.40 bits per heavy atom. The maximum Gasteiger partial charge on any atom is 0.270 e. The van der Waals surface area contributed by atoms with Crippen LogP contribution in [-0.4, -0.2) is 54.7 Å². The molecule has 1 amide bonds. The molecule has 2 aromatic rings. The van der Waals surface area contributed by atoms with Crippen molar-refractivity contribution in [2.45, 2.75) is 0 Å². The number of nitrogens with one attached hydrogen (secondary N) is 1. The van der Waals surface area contributed by atoms with E-state index in [4.69, 9.17) is 11.6 Å². The number of nitrogens with zero attached hydrogens (tertiary/aromatic N) is 2. The number of hydrogen-bond donors (Lipinski definition) is 1. The molecule has 0 spiro atoms. The zero-order chi connectivity index (χ0) is 17.9. The van der Waals surface area contributed by atoms with E-state index >= 15 is 0 Å². The molecule has 1 N–H and O–H groups in total. The van der Waals surface area contributed by atoms with Crippen LogP contribution in [-0.2, 0) is 10.0 Å². The SMILES string of the molecule is O=C(c1cc(Cl)c[nH]1)N1CCN(S(=O)(=O)/C=C/c2ccccc2)CC1. The first-order chi connectivity index (χ1) is 12.0. The molecule has 0 radical (unpaired) electrons. The fourth-order valence-electron chi connectivity index (χ4n) is 2.62. The van der Waals surface area contributed by atoms with E-state index in [1.54, 1.807) is 23.2 Å². The molecule has 6 nitrogen and oxygen atoms in total. The van der Waals surface area contributed by atoms with Crippen LogP contribution in [0.5, 0.6) is 0 Å². The van der Waals surface area contributed by atoms with Gasteiger partial charge in [0.15, 0.2) is 0 Å². The van der Waals surface area contributed by atoms with E-state index in [-0.39, 0.29) is 19.0 Å². The van der Waals surface area contributed by atoms with Crippen molar-refractivity contribution in [1.82, 2.24) is 14.2 Å². The topological polar surface area (TPSA) is 73.5 Å². The summed E-state index contributed by atoms with van der Waals surface area (Å²) in [7, 11) is -3.51. The Kier molecular flexibility index (Phi) is 5.27. The maximum absolute atomic E-state index is 12.4. The summed E-state index contributed by atoms with van der Waals surface area (Å²) in [5, 5.41) is 1.68. The van der Waals surface area contributed by atoms with E-state index in [1.807, 2.05) is 30.3 Å². The molecule has 1 aliphatic rings. The summed E-state index contributed by atoms with van der Waals surface area (Å²) in [6.45, 7) is 1.21. The van der Waals surface area contributed by atoms with Crippen molar-refractivity contribution in [3.63, 3.8) is 0 Å². The van der Waals surface area contributed by atoms with E-state index in [9.17, 15) is 13.2 Å². The Bertz CT molecular complexity index is 870. The monoisotopic (exact) mass is 379 g/mol. The van der Waals surface area contributed by atoms with Gasteiger partial charge in [-0.2, -0.15) is 4.31 Å². The molecule has 1 saturated heterocycles. The number of hydrogen-bond acceptors (Lipinski definition) is 3. The number of carbonyl (C=O) groups is 1. The van der Waals surface area contributed by atoms with E-state index in [2.05, 4.69) is 4.98 Å². The molecule has 0 unspecified atom stereocenters. The number of aromatic nitrogens is 1. The van der Waals surface area contributed by atoms with E-state index in [0.29, 0.717) is 23.8 Å². The van der Waals surface area contributed by atoms with Crippen LogP contribution in [0.15, 0.2) is 48.0 Å². The predicted octanol–water partition coefficient (Wildman–Crippen LogP) is 2.43. The van der Waals surface area contributed by atoms with Gasteiger partial charge in [-0.15, -0.1) is 0 Å². The molecule has 1 aliphatic heterocycles. The Hall–Kier alpha value is -2.09. The smallest absolute Gasteiger partial charge is 0.270 e. The van der Waals surface area contributed by atoms with Crippen LogP contribution in [0, 0.1) is 0 Å². The van der Waals surface area contributed by atoms with Crippen molar-refractivity contribution in [3.8, 4) is 0 Å². The molecule has 3 rings (SSSR count). The van der Waals surface area contributed by atoms with Crippen LogP contribution < -0.4 is 0 Å². The van der Waals surface area contributed by atoms with Crippen molar-refractivity contribution < 1.29 is 13.2 Å². The number of sulfonamides is 1. The van der Waals surface area contributed by atoms with Gasteiger partial charge in [-0.25, -0.2) is 8.42 Å². The summed E-state index contributed by atoms with van der Waals surface area (Å²) in [5.74, 6) is -0.177. The molecule has 0 aliphatic carbocycles. The number of H-pyrrole nitrogens is 1. The number of rotatable bonds is 4. The van der Waals surface area contributed by atoms with Crippen LogP contribution in [0.3, 0.4) is 0 Å². The first kappa shape index (κ1) is 17.7. The summed E-state index contributed by atoms with van der Waals surface area (Å²) < 4.78 is 26.2. The number of halogens is 1. The summed E-state index contributed by atoms with van der Waals surface area (Å²) in [6, 6.07) is 10.8. The molecule has 2 heterocycles. The Morgan fingerprint density at radius 1 is 1.12 bits per heavy atom. The van der Waals surface area contributed by atoms with E-state index < -0.39 is 10.0 Å². The molecule has 1 fully saturated rings. The highest BCUT2D eigenvalue weighted by atomic mass is 35.5. The second kappa shape index (κ2) is 7.43. The summed E-state index contributed by atoms with van der Waals surface area (Å²) in [4.78, 5) is 16.8. The van der Waals surface area contributed by atoms with Crippen molar-refractivity contribution in [3.05, 3.63) is 64.3 Å². The van der Waals surface area contributed by atoms with Gasteiger partial charge < -0.3 is 9.88 Å². The first-order valence-electron chi connectivity index (χ1n) is 7.82. The van der Waals surface area contributed by atoms with Crippen molar-refractivity contribution >= 4 is 33.6 Å². The number of amides is 1. The van der Waals surface area contributed by atoms with Gasteiger partial charge in [0.1, 0.15) is 5.69 Å². The second-order valence-corrected chi connectivity index (χ2v) is 7.94. The second-order valence-electron chi connectivity index (χ2n) is 5.68. The average molecular weight is 380 g/mol. The number of piperazine rings is 1. The standard InChI is InChI=1S/C17H18ClN3O3S/c18-15-12-16(19-13-15)17(22)20-7-9-21(10-8-20)25(23,24)11-6-14-4-2-1-3-5-14/h1-6,11-13,19H,7-10H2/b11-6+. The molecule has 1 aromatic heterocycles. The van der Waals surface area contributed by atoms with E-state index in [0.717, 1.165) is 5.56 Å². The van der Waals surface area contributed by atoms with Gasteiger partial charge in [0.25, 0.3) is 5.91 Å². The summed E-state index contributed by atoms with van der Waals surface area (Å²) >= 11 is 5.81. The lowest BCUT2D eigenvalue weighted by Gasteiger charge is -2.33. The third-order valence-electron chi connectivity index (χ3n) is 4.00. The summed E-state index contributed by atoms with van der Waals surface area (Å²) in [5.41, 5.74) is 1.23. The van der Waals surface area contributed by atoms with Crippen molar-refractivity contribution in [2.75, 3.05) is 26.2 Å². The van der Waals surface area contributed by atoms with Gasteiger partial charge in [0.2, 0.25) is 10.0 Å². The minimum atomic E-state index is -3.51. The Balaban J connectivity index is 1.61. The molecule has 25 heavy (non-hydrogen) atoms. The van der Waals surface area contributed by atoms with Crippen LogP contribution in [0.2, 0.25) is 5.02 Å². The van der Waals surface area contributed by atoms with Gasteiger partial charge in [0.05, 0.1) is 5.02 Å². The van der Waals surface area contributed by atoms with Gasteiger partial charge in [0, 0.05) is 37.8 Å². The molecule has 0 saturated carbocycles. The maximum atomic E-state index is 12.4. The number of carbonyl (C=O) groups excluding carboxylic acids is 1. The number of benzene rings is 1. The van der Waals surface area contributed by atoms with Crippen molar-refractivity contribution in [2.24, 2.45) is 0 Å². The normalized spacial score (nSPS) is 16.4. The highest BCUT2D eigenvalue weighted by Gasteiger charge is 2.28. The summed E-state index contributed by atoms with van der Waals surface area (Å²) in [6.07, 6.45) is 3.12.